The van der Waals surface area contributed by atoms with Gasteiger partial charge in [0.05, 0.1) is 13.7 Å². The van der Waals surface area contributed by atoms with Crippen LogP contribution in [-0.4, -0.2) is 38.7 Å². The summed E-state index contributed by atoms with van der Waals surface area (Å²) in [6.45, 7) is 5.00. The van der Waals surface area contributed by atoms with Crippen LogP contribution in [0.4, 0.5) is 11.4 Å². The lowest BCUT2D eigenvalue weighted by atomic mass is 10.2. The Morgan fingerprint density at radius 1 is 1.10 bits per heavy atom. The molecule has 30 heavy (non-hydrogen) atoms. The molecule has 0 atom stereocenters. The summed E-state index contributed by atoms with van der Waals surface area (Å²) in [6, 6.07) is 12.6. The number of benzene rings is 2. The first kappa shape index (κ1) is 25.1. The number of guanidine groups is 1. The molecule has 0 spiro atoms. The van der Waals surface area contributed by atoms with Crippen molar-refractivity contribution >= 4 is 47.2 Å². The molecule has 0 heterocycles. The van der Waals surface area contributed by atoms with Crippen LogP contribution in [0.5, 0.6) is 11.5 Å². The van der Waals surface area contributed by atoms with Gasteiger partial charge in [-0.3, -0.25) is 4.79 Å². The molecule has 2 aromatic carbocycles. The van der Waals surface area contributed by atoms with Crippen molar-refractivity contribution in [3.8, 4) is 23.8 Å². The minimum atomic E-state index is -0.249. The zero-order valence-electron chi connectivity index (χ0n) is 17.3. The Hall–Kier alpha value is -2.93. The molecular formula is C22H27IN4O3. The highest BCUT2D eigenvalue weighted by Gasteiger charge is 2.08. The Morgan fingerprint density at radius 3 is 2.53 bits per heavy atom. The molecule has 0 bridgehead atoms. The molecule has 0 aliphatic heterocycles. The zero-order chi connectivity index (χ0) is 21.1. The minimum Gasteiger partial charge on any atom is -0.493 e. The predicted octanol–water partition coefficient (Wildman–Crippen LogP) is 3.71. The highest BCUT2D eigenvalue weighted by molar-refractivity contribution is 14.0. The van der Waals surface area contributed by atoms with Gasteiger partial charge < -0.3 is 25.4 Å². The van der Waals surface area contributed by atoms with Gasteiger partial charge in [0.15, 0.2) is 17.5 Å². The fourth-order valence-electron chi connectivity index (χ4n) is 2.50. The number of terminal acetylenes is 1. The van der Waals surface area contributed by atoms with Crippen molar-refractivity contribution in [1.29, 1.82) is 0 Å². The molecule has 3 N–H and O–H groups in total. The second kappa shape index (κ2) is 13.3. The van der Waals surface area contributed by atoms with Crippen molar-refractivity contribution in [2.45, 2.75) is 13.8 Å². The highest BCUT2D eigenvalue weighted by atomic mass is 127. The summed E-state index contributed by atoms with van der Waals surface area (Å²) < 4.78 is 10.9. The molecule has 7 nitrogen and oxygen atoms in total. The van der Waals surface area contributed by atoms with Crippen LogP contribution in [0.3, 0.4) is 0 Å². The van der Waals surface area contributed by atoms with Gasteiger partial charge >= 0.3 is 0 Å². The summed E-state index contributed by atoms with van der Waals surface area (Å²) in [6.07, 6.45) is 5.38. The number of anilines is 2. The van der Waals surface area contributed by atoms with Crippen LogP contribution in [0, 0.1) is 12.3 Å². The molecule has 2 rings (SSSR count). The number of amides is 1. The largest absolute Gasteiger partial charge is 0.493 e. The van der Waals surface area contributed by atoms with Gasteiger partial charge in [0.25, 0.3) is 0 Å². The van der Waals surface area contributed by atoms with E-state index in [9.17, 15) is 4.79 Å². The molecule has 0 aliphatic carbocycles. The van der Waals surface area contributed by atoms with Gasteiger partial charge in [-0.25, -0.2) is 4.99 Å². The first-order valence-electron chi connectivity index (χ1n) is 9.32. The topological polar surface area (TPSA) is 84.0 Å². The van der Waals surface area contributed by atoms with Crippen molar-refractivity contribution in [3.63, 3.8) is 0 Å². The summed E-state index contributed by atoms with van der Waals surface area (Å²) in [4.78, 5) is 16.6. The number of hydrogen-bond donors (Lipinski definition) is 3. The fraction of sp³-hybridized carbons (Fsp3) is 0.273. The second-order valence-electron chi connectivity index (χ2n) is 5.89. The van der Waals surface area contributed by atoms with Crippen LogP contribution in [0.2, 0.25) is 0 Å². The van der Waals surface area contributed by atoms with E-state index in [2.05, 4.69) is 26.9 Å². The second-order valence-corrected chi connectivity index (χ2v) is 5.89. The number of rotatable bonds is 8. The predicted molar refractivity (Wildman–Crippen MR) is 132 cm³/mol. The Kier molecular flexibility index (Phi) is 11.1. The van der Waals surface area contributed by atoms with Gasteiger partial charge in [-0.15, -0.1) is 30.4 Å². The van der Waals surface area contributed by atoms with Crippen LogP contribution in [0.25, 0.3) is 0 Å². The Balaban J connectivity index is 0.00000450. The molecular weight excluding hydrogens is 495 g/mol. The molecule has 2 aromatic rings. The van der Waals surface area contributed by atoms with E-state index in [1.54, 1.807) is 31.4 Å². The quantitative estimate of drug-likeness (QED) is 0.213. The molecule has 0 fully saturated rings. The van der Waals surface area contributed by atoms with Crippen molar-refractivity contribution in [2.75, 3.05) is 37.4 Å². The molecule has 160 valence electrons. The third-order valence-electron chi connectivity index (χ3n) is 3.76. The van der Waals surface area contributed by atoms with Gasteiger partial charge in [0, 0.05) is 29.5 Å². The van der Waals surface area contributed by atoms with Gasteiger partial charge in [-0.05, 0) is 44.2 Å². The van der Waals surface area contributed by atoms with Crippen molar-refractivity contribution in [2.24, 2.45) is 4.99 Å². The van der Waals surface area contributed by atoms with Gasteiger partial charge in [0.2, 0.25) is 5.91 Å². The van der Waals surface area contributed by atoms with E-state index < -0.39 is 0 Å². The van der Waals surface area contributed by atoms with E-state index in [4.69, 9.17) is 15.9 Å². The Morgan fingerprint density at radius 2 is 1.87 bits per heavy atom. The number of carbonyl (C=O) groups is 1. The maximum absolute atomic E-state index is 12.2. The molecule has 0 radical (unpaired) electrons. The number of nitrogens with one attached hydrogen (secondary N) is 3. The monoisotopic (exact) mass is 522 g/mol. The lowest BCUT2D eigenvalue weighted by Crippen LogP contribution is -2.31. The van der Waals surface area contributed by atoms with Gasteiger partial charge in [-0.2, -0.15) is 0 Å². The molecule has 1 amide bonds. The molecule has 0 saturated heterocycles. The van der Waals surface area contributed by atoms with Crippen LogP contribution in [0.15, 0.2) is 47.5 Å². The third kappa shape index (κ3) is 7.83. The van der Waals surface area contributed by atoms with Crippen LogP contribution >= 0.6 is 24.0 Å². The summed E-state index contributed by atoms with van der Waals surface area (Å²) in [7, 11) is 1.58. The first-order valence-corrected chi connectivity index (χ1v) is 9.32. The number of carbonyl (C=O) groups excluding carboxylic acids is 1. The standard InChI is InChI=1S/C22H26N4O3.HI/c1-5-16-9-8-10-17(13-16)25-21(27)15-24-22(23-6-2)26-18-11-12-19(29-7-3)20(14-18)28-4;/h1,8-14H,6-7,15H2,2-4H3,(H,25,27)(H2,23,24,26);1H. The van der Waals surface area contributed by atoms with E-state index in [0.717, 1.165) is 5.69 Å². The fourth-order valence-corrected chi connectivity index (χ4v) is 2.50. The normalized spacial score (nSPS) is 10.3. The SMILES string of the molecule is C#Cc1cccc(NC(=O)CN=C(NCC)Nc2ccc(OCC)c(OC)c2)c1.I. The zero-order valence-corrected chi connectivity index (χ0v) is 19.7. The maximum Gasteiger partial charge on any atom is 0.246 e. The summed E-state index contributed by atoms with van der Waals surface area (Å²) >= 11 is 0. The van der Waals surface area contributed by atoms with E-state index >= 15 is 0 Å². The van der Waals surface area contributed by atoms with E-state index in [1.165, 1.54) is 0 Å². The number of methoxy groups -OCH3 is 1. The smallest absolute Gasteiger partial charge is 0.246 e. The van der Waals surface area contributed by atoms with Crippen molar-refractivity contribution in [3.05, 3.63) is 48.0 Å². The lowest BCUT2D eigenvalue weighted by Gasteiger charge is -2.14. The van der Waals surface area contributed by atoms with Gasteiger partial charge in [0.1, 0.15) is 6.54 Å². The van der Waals surface area contributed by atoms with Crippen LogP contribution in [0.1, 0.15) is 19.4 Å². The minimum absolute atomic E-state index is 0. The van der Waals surface area contributed by atoms with E-state index in [-0.39, 0.29) is 36.4 Å². The summed E-state index contributed by atoms with van der Waals surface area (Å²) in [5, 5.41) is 9.05. The number of ether oxygens (including phenoxy) is 2. The number of aliphatic imine (C=N–C) groups is 1. The molecule has 8 heteroatoms. The molecule has 0 unspecified atom stereocenters. The maximum atomic E-state index is 12.2. The molecule has 0 aromatic heterocycles. The first-order chi connectivity index (χ1) is 14.1. The van der Waals surface area contributed by atoms with Crippen LogP contribution < -0.4 is 25.4 Å². The van der Waals surface area contributed by atoms with E-state index in [0.29, 0.717) is 41.9 Å². The summed E-state index contributed by atoms with van der Waals surface area (Å²) in [5.41, 5.74) is 2.09. The van der Waals surface area contributed by atoms with Crippen molar-refractivity contribution < 1.29 is 14.3 Å². The van der Waals surface area contributed by atoms with Gasteiger partial charge in [-0.1, -0.05) is 12.0 Å². The average molecular weight is 522 g/mol. The highest BCUT2D eigenvalue weighted by Crippen LogP contribution is 2.30. The number of hydrogen-bond acceptors (Lipinski definition) is 4. The number of halogens is 1. The average Bonchev–Trinajstić information content (AvgIpc) is 2.73. The van der Waals surface area contributed by atoms with E-state index in [1.807, 2.05) is 32.0 Å². The Labute approximate surface area is 194 Å². The molecule has 0 saturated carbocycles. The summed E-state index contributed by atoms with van der Waals surface area (Å²) in [5.74, 6) is 4.04. The molecule has 0 aliphatic rings. The van der Waals surface area contributed by atoms with Crippen LogP contribution in [-0.2, 0) is 4.79 Å². The van der Waals surface area contributed by atoms with Crippen molar-refractivity contribution in [1.82, 2.24) is 5.32 Å². The Bertz CT molecular complexity index is 909. The lowest BCUT2D eigenvalue weighted by molar-refractivity contribution is -0.114. The number of nitrogens with zero attached hydrogens (tertiary/aromatic N) is 1. The third-order valence-corrected chi connectivity index (χ3v) is 3.76.